The van der Waals surface area contributed by atoms with Gasteiger partial charge >= 0.3 is 5.97 Å². The molecule has 1 saturated heterocycles. The molecule has 0 aliphatic carbocycles. The van der Waals surface area contributed by atoms with Crippen LogP contribution in [0.2, 0.25) is 0 Å². The van der Waals surface area contributed by atoms with Crippen LogP contribution in [0, 0.1) is 0 Å². The lowest BCUT2D eigenvalue weighted by Crippen LogP contribution is -2.39. The van der Waals surface area contributed by atoms with E-state index in [2.05, 4.69) is 0 Å². The minimum atomic E-state index is -0.560. The second-order valence-electron chi connectivity index (χ2n) is 4.67. The predicted molar refractivity (Wildman–Crippen MR) is 70.0 cm³/mol. The number of ether oxygens (including phenoxy) is 3. The molecule has 2 aliphatic rings. The maximum absolute atomic E-state index is 12.0. The normalized spacial score (nSPS) is 20.9. The fraction of sp³-hybridized carbons (Fsp3) is 0.429. The van der Waals surface area contributed by atoms with E-state index in [9.17, 15) is 9.59 Å². The highest BCUT2D eigenvalue weighted by Gasteiger charge is 2.38. The Morgan fingerprint density at radius 2 is 2.05 bits per heavy atom. The first-order valence-corrected chi connectivity index (χ1v) is 6.50. The van der Waals surface area contributed by atoms with Crippen molar-refractivity contribution >= 4 is 17.6 Å². The number of anilines is 1. The maximum Gasteiger partial charge on any atom is 0.328 e. The molecule has 2 aliphatic heterocycles. The van der Waals surface area contributed by atoms with Crippen molar-refractivity contribution in [3.8, 4) is 11.5 Å². The Morgan fingerprint density at radius 3 is 2.80 bits per heavy atom. The Bertz CT molecular complexity index is 556. The topological polar surface area (TPSA) is 65.1 Å². The van der Waals surface area contributed by atoms with Crippen molar-refractivity contribution in [3.05, 3.63) is 18.2 Å². The van der Waals surface area contributed by atoms with Gasteiger partial charge in [0.25, 0.3) is 0 Å². The highest BCUT2D eigenvalue weighted by Crippen LogP contribution is 2.36. The SMILES string of the molecule is COC(=O)C1CCC(=O)N1c1ccc2c(c1)OCCO2. The molecule has 1 aromatic rings. The second-order valence-corrected chi connectivity index (χ2v) is 4.67. The van der Waals surface area contributed by atoms with Gasteiger partial charge in [-0.3, -0.25) is 9.69 Å². The number of methoxy groups -OCH3 is 1. The maximum atomic E-state index is 12.0. The van der Waals surface area contributed by atoms with Gasteiger partial charge in [0.1, 0.15) is 19.3 Å². The molecule has 0 bridgehead atoms. The highest BCUT2D eigenvalue weighted by atomic mass is 16.6. The molecule has 0 spiro atoms. The van der Waals surface area contributed by atoms with E-state index in [0.29, 0.717) is 43.2 Å². The van der Waals surface area contributed by atoms with E-state index in [1.54, 1.807) is 18.2 Å². The quantitative estimate of drug-likeness (QED) is 0.758. The molecule has 106 valence electrons. The van der Waals surface area contributed by atoms with Gasteiger partial charge < -0.3 is 14.2 Å². The summed E-state index contributed by atoms with van der Waals surface area (Å²) in [5, 5.41) is 0. The third-order valence-corrected chi connectivity index (χ3v) is 3.49. The largest absolute Gasteiger partial charge is 0.486 e. The third kappa shape index (κ3) is 2.07. The summed E-state index contributed by atoms with van der Waals surface area (Å²) >= 11 is 0. The Hall–Kier alpha value is -2.24. The number of hydrogen-bond donors (Lipinski definition) is 0. The summed E-state index contributed by atoms with van der Waals surface area (Å²) in [4.78, 5) is 25.3. The third-order valence-electron chi connectivity index (χ3n) is 3.49. The van der Waals surface area contributed by atoms with Crippen LogP contribution >= 0.6 is 0 Å². The lowest BCUT2D eigenvalue weighted by atomic mass is 10.2. The van der Waals surface area contributed by atoms with Crippen molar-refractivity contribution in [3.63, 3.8) is 0 Å². The van der Waals surface area contributed by atoms with Crippen LogP contribution in [0.3, 0.4) is 0 Å². The predicted octanol–water partition coefficient (Wildman–Crippen LogP) is 1.13. The van der Waals surface area contributed by atoms with E-state index < -0.39 is 12.0 Å². The zero-order valence-electron chi connectivity index (χ0n) is 11.1. The minimum Gasteiger partial charge on any atom is -0.486 e. The number of carbonyl (C=O) groups excluding carboxylic acids is 2. The fourth-order valence-corrected chi connectivity index (χ4v) is 2.55. The van der Waals surface area contributed by atoms with Gasteiger partial charge in [0.05, 0.1) is 7.11 Å². The highest BCUT2D eigenvalue weighted by molar-refractivity contribution is 6.02. The molecule has 0 radical (unpaired) electrons. The molecule has 20 heavy (non-hydrogen) atoms. The number of esters is 1. The van der Waals surface area contributed by atoms with Crippen LogP contribution in [0.1, 0.15) is 12.8 Å². The smallest absolute Gasteiger partial charge is 0.328 e. The van der Waals surface area contributed by atoms with E-state index >= 15 is 0 Å². The summed E-state index contributed by atoms with van der Waals surface area (Å²) in [7, 11) is 1.33. The number of benzene rings is 1. The summed E-state index contributed by atoms with van der Waals surface area (Å²) in [6.45, 7) is 0.991. The first-order chi connectivity index (χ1) is 9.70. The van der Waals surface area contributed by atoms with Crippen LogP contribution in [0.15, 0.2) is 18.2 Å². The number of hydrogen-bond acceptors (Lipinski definition) is 5. The van der Waals surface area contributed by atoms with Crippen LogP contribution in [0.4, 0.5) is 5.69 Å². The van der Waals surface area contributed by atoms with Crippen LogP contribution in [0.25, 0.3) is 0 Å². The summed E-state index contributed by atoms with van der Waals surface area (Å²) in [6, 6.07) is 4.68. The van der Waals surface area contributed by atoms with Crippen LogP contribution < -0.4 is 14.4 Å². The van der Waals surface area contributed by atoms with Crippen LogP contribution in [-0.4, -0.2) is 38.2 Å². The van der Waals surface area contributed by atoms with E-state index in [4.69, 9.17) is 14.2 Å². The number of amides is 1. The standard InChI is InChI=1S/C14H15NO5/c1-18-14(17)10-3-5-13(16)15(10)9-2-4-11-12(8-9)20-7-6-19-11/h2,4,8,10H,3,5-7H2,1H3. The molecular formula is C14H15NO5. The Balaban J connectivity index is 1.94. The van der Waals surface area contributed by atoms with Crippen molar-refractivity contribution in [2.45, 2.75) is 18.9 Å². The Kier molecular flexibility index (Phi) is 3.22. The number of fused-ring (bicyclic) bond motifs is 1. The van der Waals surface area contributed by atoms with Crippen molar-refractivity contribution in [1.29, 1.82) is 0 Å². The van der Waals surface area contributed by atoms with Crippen molar-refractivity contribution in [2.75, 3.05) is 25.2 Å². The Morgan fingerprint density at radius 1 is 1.30 bits per heavy atom. The lowest BCUT2D eigenvalue weighted by Gasteiger charge is -2.25. The van der Waals surface area contributed by atoms with E-state index in [-0.39, 0.29) is 5.91 Å². The van der Waals surface area contributed by atoms with Crippen LogP contribution in [0.5, 0.6) is 11.5 Å². The van der Waals surface area contributed by atoms with Gasteiger partial charge in [-0.2, -0.15) is 0 Å². The average molecular weight is 277 g/mol. The van der Waals surface area contributed by atoms with Gasteiger partial charge in [0.2, 0.25) is 5.91 Å². The second kappa shape index (κ2) is 5.03. The average Bonchev–Trinajstić information content (AvgIpc) is 2.87. The molecule has 2 heterocycles. The van der Waals surface area contributed by atoms with Crippen molar-refractivity contribution < 1.29 is 23.8 Å². The molecule has 1 aromatic carbocycles. The van der Waals surface area contributed by atoms with Gasteiger partial charge in [0, 0.05) is 18.2 Å². The molecule has 6 heteroatoms. The van der Waals surface area contributed by atoms with Crippen molar-refractivity contribution in [1.82, 2.24) is 0 Å². The molecule has 0 N–H and O–H groups in total. The van der Waals surface area contributed by atoms with Gasteiger partial charge in [-0.05, 0) is 18.6 Å². The molecule has 1 fully saturated rings. The summed E-state index contributed by atoms with van der Waals surface area (Å²) < 4.78 is 15.7. The lowest BCUT2D eigenvalue weighted by molar-refractivity contribution is -0.142. The zero-order chi connectivity index (χ0) is 14.1. The molecule has 1 atom stereocenters. The first-order valence-electron chi connectivity index (χ1n) is 6.50. The van der Waals surface area contributed by atoms with Crippen LogP contribution in [-0.2, 0) is 14.3 Å². The molecule has 6 nitrogen and oxygen atoms in total. The molecule has 1 amide bonds. The van der Waals surface area contributed by atoms with Gasteiger partial charge in [0.15, 0.2) is 11.5 Å². The number of nitrogens with zero attached hydrogens (tertiary/aromatic N) is 1. The minimum absolute atomic E-state index is 0.0860. The molecule has 3 rings (SSSR count). The van der Waals surface area contributed by atoms with E-state index in [0.717, 1.165) is 0 Å². The van der Waals surface area contributed by atoms with E-state index in [1.807, 2.05) is 0 Å². The fourth-order valence-electron chi connectivity index (χ4n) is 2.55. The molecule has 1 unspecified atom stereocenters. The van der Waals surface area contributed by atoms with Gasteiger partial charge in [-0.15, -0.1) is 0 Å². The molecular weight excluding hydrogens is 262 g/mol. The molecule has 0 saturated carbocycles. The van der Waals surface area contributed by atoms with E-state index in [1.165, 1.54) is 12.0 Å². The number of rotatable bonds is 2. The summed E-state index contributed by atoms with van der Waals surface area (Å²) in [6.07, 6.45) is 0.814. The van der Waals surface area contributed by atoms with Gasteiger partial charge in [-0.25, -0.2) is 4.79 Å². The first kappa shape index (κ1) is 12.8. The zero-order valence-corrected chi connectivity index (χ0v) is 11.1. The Labute approximate surface area is 116 Å². The van der Waals surface area contributed by atoms with Crippen molar-refractivity contribution in [2.24, 2.45) is 0 Å². The summed E-state index contributed by atoms with van der Waals surface area (Å²) in [5.74, 6) is 0.765. The van der Waals surface area contributed by atoms with Gasteiger partial charge in [-0.1, -0.05) is 0 Å². The molecule has 0 aromatic heterocycles. The summed E-state index contributed by atoms with van der Waals surface area (Å²) in [5.41, 5.74) is 0.632. The monoisotopic (exact) mass is 277 g/mol. The number of carbonyl (C=O) groups is 2.